The van der Waals surface area contributed by atoms with E-state index in [4.69, 9.17) is 0 Å². The van der Waals surface area contributed by atoms with Gasteiger partial charge in [0.15, 0.2) is 0 Å². The molecule has 0 fully saturated rings. The van der Waals surface area contributed by atoms with Crippen LogP contribution in [0.4, 0.5) is 4.39 Å². The molecule has 0 bridgehead atoms. The van der Waals surface area contributed by atoms with Crippen molar-refractivity contribution in [1.82, 2.24) is 10.6 Å². The summed E-state index contributed by atoms with van der Waals surface area (Å²) < 4.78 is 12.8. The van der Waals surface area contributed by atoms with Crippen LogP contribution in [0.25, 0.3) is 0 Å². The molecule has 3 nitrogen and oxygen atoms in total. The number of hydrogen-bond donors (Lipinski definition) is 2. The number of rotatable bonds is 5. The number of likely N-dealkylation sites (N-methyl/N-ethyl adjacent to an activating group) is 1. The maximum Gasteiger partial charge on any atom is 0.233 e. The minimum absolute atomic E-state index is 0.0257. The van der Waals surface area contributed by atoms with Crippen molar-refractivity contribution in [3.63, 3.8) is 0 Å². The Morgan fingerprint density at radius 3 is 2.81 bits per heavy atom. The minimum atomic E-state index is -0.222. The molecule has 1 aromatic carbocycles. The molecule has 0 heterocycles. The molecule has 0 atom stereocenters. The fourth-order valence-electron chi connectivity index (χ4n) is 1.50. The Morgan fingerprint density at radius 1 is 1.44 bits per heavy atom. The molecule has 0 radical (unpaired) electrons. The van der Waals surface area contributed by atoms with Gasteiger partial charge in [-0.3, -0.25) is 4.79 Å². The zero-order valence-corrected chi connectivity index (χ0v) is 9.64. The Balaban J connectivity index is 2.40. The third-order valence-corrected chi connectivity index (χ3v) is 2.36. The SMILES string of the molecule is CNCC(=O)NCCc1ccc(F)cc1C. The quantitative estimate of drug-likeness (QED) is 0.783. The summed E-state index contributed by atoms with van der Waals surface area (Å²) >= 11 is 0. The Hall–Kier alpha value is -1.42. The first kappa shape index (κ1) is 12.6. The summed E-state index contributed by atoms with van der Waals surface area (Å²) in [4.78, 5) is 11.1. The predicted molar refractivity (Wildman–Crippen MR) is 61.8 cm³/mol. The van der Waals surface area contributed by atoms with Gasteiger partial charge in [-0.15, -0.1) is 0 Å². The number of amides is 1. The Labute approximate surface area is 95.0 Å². The van der Waals surface area contributed by atoms with Crippen LogP contribution in [0.2, 0.25) is 0 Å². The van der Waals surface area contributed by atoms with E-state index in [-0.39, 0.29) is 11.7 Å². The zero-order valence-electron chi connectivity index (χ0n) is 9.64. The smallest absolute Gasteiger partial charge is 0.233 e. The van der Waals surface area contributed by atoms with Gasteiger partial charge in [0.1, 0.15) is 5.82 Å². The number of nitrogens with one attached hydrogen (secondary N) is 2. The Morgan fingerprint density at radius 2 is 2.19 bits per heavy atom. The van der Waals surface area contributed by atoms with Gasteiger partial charge in [-0.2, -0.15) is 0 Å². The molecule has 0 spiro atoms. The number of hydrogen-bond acceptors (Lipinski definition) is 2. The highest BCUT2D eigenvalue weighted by Crippen LogP contribution is 2.10. The molecule has 1 rings (SSSR count). The number of halogens is 1. The first-order valence-corrected chi connectivity index (χ1v) is 5.30. The van der Waals surface area contributed by atoms with Crippen LogP contribution in [0.15, 0.2) is 18.2 Å². The van der Waals surface area contributed by atoms with Crippen LogP contribution in [0.5, 0.6) is 0 Å². The molecule has 0 saturated carbocycles. The predicted octanol–water partition coefficient (Wildman–Crippen LogP) is 1.01. The van der Waals surface area contributed by atoms with Gasteiger partial charge in [0.2, 0.25) is 5.91 Å². The van der Waals surface area contributed by atoms with Crippen LogP contribution in [0.1, 0.15) is 11.1 Å². The largest absolute Gasteiger partial charge is 0.355 e. The summed E-state index contributed by atoms with van der Waals surface area (Å²) in [5.41, 5.74) is 1.98. The lowest BCUT2D eigenvalue weighted by Crippen LogP contribution is -2.33. The minimum Gasteiger partial charge on any atom is -0.355 e. The van der Waals surface area contributed by atoms with Crippen molar-refractivity contribution < 1.29 is 9.18 Å². The van der Waals surface area contributed by atoms with Crippen molar-refractivity contribution in [2.24, 2.45) is 0 Å². The molecular weight excluding hydrogens is 207 g/mol. The van der Waals surface area contributed by atoms with Crippen molar-refractivity contribution in [3.05, 3.63) is 35.1 Å². The third kappa shape index (κ3) is 3.98. The van der Waals surface area contributed by atoms with Gasteiger partial charge in [0, 0.05) is 6.54 Å². The number of benzene rings is 1. The lowest BCUT2D eigenvalue weighted by Gasteiger charge is -2.07. The van der Waals surface area contributed by atoms with Gasteiger partial charge in [0.05, 0.1) is 6.54 Å². The molecule has 0 saturated heterocycles. The van der Waals surface area contributed by atoms with Crippen LogP contribution in [0.3, 0.4) is 0 Å². The van der Waals surface area contributed by atoms with Crippen molar-refractivity contribution in [1.29, 1.82) is 0 Å². The summed E-state index contributed by atoms with van der Waals surface area (Å²) in [5.74, 6) is -0.247. The second kappa shape index (κ2) is 6.23. The van der Waals surface area contributed by atoms with E-state index in [1.165, 1.54) is 12.1 Å². The first-order valence-electron chi connectivity index (χ1n) is 5.30. The van der Waals surface area contributed by atoms with E-state index in [1.807, 2.05) is 6.92 Å². The summed E-state index contributed by atoms with van der Waals surface area (Å²) in [6.07, 6.45) is 0.724. The van der Waals surface area contributed by atoms with Crippen LogP contribution in [-0.2, 0) is 11.2 Å². The fraction of sp³-hybridized carbons (Fsp3) is 0.417. The number of carbonyl (C=O) groups is 1. The van der Waals surface area contributed by atoms with Gasteiger partial charge >= 0.3 is 0 Å². The topological polar surface area (TPSA) is 41.1 Å². The average molecular weight is 224 g/mol. The molecule has 1 amide bonds. The van der Waals surface area contributed by atoms with Gasteiger partial charge in [-0.05, 0) is 43.7 Å². The van der Waals surface area contributed by atoms with Gasteiger partial charge in [0.25, 0.3) is 0 Å². The maximum absolute atomic E-state index is 12.8. The van der Waals surface area contributed by atoms with E-state index in [9.17, 15) is 9.18 Å². The summed E-state index contributed by atoms with van der Waals surface area (Å²) in [6, 6.07) is 4.71. The van der Waals surface area contributed by atoms with E-state index >= 15 is 0 Å². The molecule has 0 aliphatic heterocycles. The normalized spacial score (nSPS) is 10.2. The van der Waals surface area contributed by atoms with Crippen molar-refractivity contribution in [2.75, 3.05) is 20.1 Å². The second-order valence-corrected chi connectivity index (χ2v) is 3.70. The lowest BCUT2D eigenvalue weighted by atomic mass is 10.1. The van der Waals surface area contributed by atoms with E-state index in [2.05, 4.69) is 10.6 Å². The van der Waals surface area contributed by atoms with E-state index in [1.54, 1.807) is 13.1 Å². The molecule has 16 heavy (non-hydrogen) atoms. The molecule has 0 unspecified atom stereocenters. The average Bonchev–Trinajstić information content (AvgIpc) is 2.22. The van der Waals surface area contributed by atoms with Crippen molar-refractivity contribution in [3.8, 4) is 0 Å². The van der Waals surface area contributed by atoms with E-state index in [0.29, 0.717) is 13.1 Å². The Kier molecular flexibility index (Phi) is 4.92. The van der Waals surface area contributed by atoms with E-state index < -0.39 is 0 Å². The highest BCUT2D eigenvalue weighted by atomic mass is 19.1. The van der Waals surface area contributed by atoms with E-state index in [0.717, 1.165) is 17.5 Å². The third-order valence-electron chi connectivity index (χ3n) is 2.36. The lowest BCUT2D eigenvalue weighted by molar-refractivity contribution is -0.120. The van der Waals surface area contributed by atoms with Crippen molar-refractivity contribution >= 4 is 5.91 Å². The molecule has 0 aromatic heterocycles. The highest BCUT2D eigenvalue weighted by molar-refractivity contribution is 5.77. The fourth-order valence-corrected chi connectivity index (χ4v) is 1.50. The molecule has 2 N–H and O–H groups in total. The van der Waals surface area contributed by atoms with Crippen molar-refractivity contribution in [2.45, 2.75) is 13.3 Å². The second-order valence-electron chi connectivity index (χ2n) is 3.70. The Bertz CT molecular complexity index is 366. The first-order chi connectivity index (χ1) is 7.63. The van der Waals surface area contributed by atoms with Gasteiger partial charge in [-0.25, -0.2) is 4.39 Å². The van der Waals surface area contributed by atoms with Gasteiger partial charge in [-0.1, -0.05) is 6.07 Å². The zero-order chi connectivity index (χ0) is 12.0. The molecule has 1 aromatic rings. The summed E-state index contributed by atoms with van der Waals surface area (Å²) in [5, 5.41) is 5.55. The molecule has 4 heteroatoms. The standard InChI is InChI=1S/C12H17FN2O/c1-9-7-11(13)4-3-10(9)5-6-15-12(16)8-14-2/h3-4,7,14H,5-6,8H2,1-2H3,(H,15,16). The molecule has 0 aliphatic rings. The molecule has 0 aliphatic carbocycles. The van der Waals surface area contributed by atoms with Crippen LogP contribution in [-0.4, -0.2) is 26.0 Å². The monoisotopic (exact) mass is 224 g/mol. The van der Waals surface area contributed by atoms with Crippen LogP contribution in [0, 0.1) is 12.7 Å². The summed E-state index contributed by atoms with van der Waals surface area (Å²) in [6.45, 7) is 2.77. The van der Waals surface area contributed by atoms with Crippen LogP contribution < -0.4 is 10.6 Å². The molecule has 88 valence electrons. The summed E-state index contributed by atoms with van der Waals surface area (Å²) in [7, 11) is 1.73. The van der Waals surface area contributed by atoms with Gasteiger partial charge < -0.3 is 10.6 Å². The number of aryl methyl sites for hydroxylation is 1. The number of carbonyl (C=O) groups excluding carboxylic acids is 1. The molecular formula is C12H17FN2O. The maximum atomic E-state index is 12.8. The van der Waals surface area contributed by atoms with Crippen LogP contribution >= 0.6 is 0 Å². The highest BCUT2D eigenvalue weighted by Gasteiger charge is 2.01.